The Kier molecular flexibility index (Phi) is 3.84. The molecule has 2 aromatic rings. The fraction of sp³-hybridized carbons (Fsp3) is 0.308. The number of aryl methyl sites for hydroxylation is 2. The lowest BCUT2D eigenvalue weighted by molar-refractivity contribution is -0.141. The highest BCUT2D eigenvalue weighted by molar-refractivity contribution is 5.52. The molecule has 110 valence electrons. The van der Waals surface area contributed by atoms with E-state index in [1.807, 2.05) is 6.07 Å². The summed E-state index contributed by atoms with van der Waals surface area (Å²) in [5.41, 5.74) is 0.604. The average Bonchev–Trinajstić information content (AvgIpc) is 2.73. The number of alkyl halides is 3. The number of halogens is 3. The SMILES string of the molecule is Cc1nn(C)cc1CNc1nc(C(F)(F)F)ccc1C#N. The van der Waals surface area contributed by atoms with Crippen molar-refractivity contribution in [2.24, 2.45) is 7.05 Å². The molecule has 0 atom stereocenters. The highest BCUT2D eigenvalue weighted by Crippen LogP contribution is 2.29. The number of hydrogen-bond donors (Lipinski definition) is 1. The number of nitriles is 1. The molecule has 0 aromatic carbocycles. The summed E-state index contributed by atoms with van der Waals surface area (Å²) >= 11 is 0. The number of pyridine rings is 1. The van der Waals surface area contributed by atoms with Crippen LogP contribution in [0.3, 0.4) is 0 Å². The molecule has 2 heterocycles. The summed E-state index contributed by atoms with van der Waals surface area (Å²) in [7, 11) is 1.75. The summed E-state index contributed by atoms with van der Waals surface area (Å²) < 4.78 is 39.6. The molecule has 0 aliphatic heterocycles. The largest absolute Gasteiger partial charge is 0.433 e. The van der Waals surface area contributed by atoms with Crippen LogP contribution in [0.15, 0.2) is 18.3 Å². The Hall–Kier alpha value is -2.56. The lowest BCUT2D eigenvalue weighted by Crippen LogP contribution is -2.11. The molecule has 0 aliphatic rings. The number of rotatable bonds is 3. The van der Waals surface area contributed by atoms with Crippen molar-refractivity contribution in [3.63, 3.8) is 0 Å². The van der Waals surface area contributed by atoms with Crippen molar-refractivity contribution in [1.29, 1.82) is 5.26 Å². The van der Waals surface area contributed by atoms with Crippen molar-refractivity contribution < 1.29 is 13.2 Å². The second kappa shape index (κ2) is 5.44. The molecule has 0 bridgehead atoms. The number of hydrogen-bond acceptors (Lipinski definition) is 4. The van der Waals surface area contributed by atoms with Crippen LogP contribution in [0.1, 0.15) is 22.5 Å². The molecule has 2 rings (SSSR count). The van der Waals surface area contributed by atoms with Crippen LogP contribution in [0.5, 0.6) is 0 Å². The summed E-state index contributed by atoms with van der Waals surface area (Å²) in [6, 6.07) is 3.71. The third kappa shape index (κ3) is 3.31. The van der Waals surface area contributed by atoms with Crippen molar-refractivity contribution in [2.45, 2.75) is 19.6 Å². The highest BCUT2D eigenvalue weighted by Gasteiger charge is 2.33. The van der Waals surface area contributed by atoms with Crippen molar-refractivity contribution in [3.05, 3.63) is 40.8 Å². The third-order valence-corrected chi connectivity index (χ3v) is 2.87. The van der Waals surface area contributed by atoms with Gasteiger partial charge in [0.15, 0.2) is 0 Å². The van der Waals surface area contributed by atoms with Crippen LogP contribution in [0.4, 0.5) is 19.0 Å². The summed E-state index contributed by atoms with van der Waals surface area (Å²) in [5.74, 6) is -0.0874. The number of nitrogens with one attached hydrogen (secondary N) is 1. The molecule has 0 aliphatic carbocycles. The van der Waals surface area contributed by atoms with Crippen LogP contribution >= 0.6 is 0 Å². The van der Waals surface area contributed by atoms with Gasteiger partial charge in [-0.25, -0.2) is 4.98 Å². The standard InChI is InChI=1S/C13H12F3N5/c1-8-10(7-21(2)20-8)6-18-12-9(5-17)3-4-11(19-12)13(14,15)16/h3-4,7H,6H2,1-2H3,(H,18,19). The quantitative estimate of drug-likeness (QED) is 0.945. The molecule has 0 radical (unpaired) electrons. The first-order chi connectivity index (χ1) is 9.81. The Morgan fingerprint density at radius 1 is 1.38 bits per heavy atom. The van der Waals surface area contributed by atoms with E-state index >= 15 is 0 Å². The first kappa shape index (κ1) is 14.8. The molecule has 21 heavy (non-hydrogen) atoms. The van der Waals surface area contributed by atoms with Gasteiger partial charge in [-0.05, 0) is 19.1 Å². The van der Waals surface area contributed by atoms with E-state index < -0.39 is 11.9 Å². The van der Waals surface area contributed by atoms with Crippen LogP contribution < -0.4 is 5.32 Å². The van der Waals surface area contributed by atoms with Gasteiger partial charge in [-0.2, -0.15) is 23.5 Å². The minimum atomic E-state index is -4.55. The molecule has 1 N–H and O–H groups in total. The van der Waals surface area contributed by atoms with Gasteiger partial charge in [0.2, 0.25) is 0 Å². The van der Waals surface area contributed by atoms with E-state index in [9.17, 15) is 13.2 Å². The minimum Gasteiger partial charge on any atom is -0.365 e. The second-order valence-electron chi connectivity index (χ2n) is 4.47. The molecule has 0 fully saturated rings. The molecule has 8 heteroatoms. The van der Waals surface area contributed by atoms with Crippen LogP contribution in [-0.4, -0.2) is 14.8 Å². The van der Waals surface area contributed by atoms with E-state index in [1.165, 1.54) is 0 Å². The lowest BCUT2D eigenvalue weighted by Gasteiger charge is -2.10. The molecular weight excluding hydrogens is 283 g/mol. The van der Waals surface area contributed by atoms with Gasteiger partial charge < -0.3 is 5.32 Å². The van der Waals surface area contributed by atoms with Crippen LogP contribution in [0, 0.1) is 18.3 Å². The van der Waals surface area contributed by atoms with Crippen molar-refractivity contribution in [3.8, 4) is 6.07 Å². The van der Waals surface area contributed by atoms with Gasteiger partial charge in [0.05, 0.1) is 11.3 Å². The Labute approximate surface area is 119 Å². The first-order valence-electron chi connectivity index (χ1n) is 6.02. The van der Waals surface area contributed by atoms with Gasteiger partial charge in [-0.15, -0.1) is 0 Å². The Balaban J connectivity index is 2.26. The van der Waals surface area contributed by atoms with Crippen molar-refractivity contribution in [2.75, 3.05) is 5.32 Å². The van der Waals surface area contributed by atoms with E-state index in [4.69, 9.17) is 5.26 Å². The summed E-state index contributed by atoms with van der Waals surface area (Å²) in [5, 5.41) is 15.8. The minimum absolute atomic E-state index is 0.0598. The van der Waals surface area contributed by atoms with E-state index in [2.05, 4.69) is 15.4 Å². The lowest BCUT2D eigenvalue weighted by atomic mass is 10.2. The summed E-state index contributed by atoms with van der Waals surface area (Å²) in [4.78, 5) is 3.48. The molecule has 5 nitrogen and oxygen atoms in total. The fourth-order valence-corrected chi connectivity index (χ4v) is 1.84. The van der Waals surface area contributed by atoms with E-state index in [-0.39, 0.29) is 17.9 Å². The van der Waals surface area contributed by atoms with Crippen LogP contribution in [0.2, 0.25) is 0 Å². The van der Waals surface area contributed by atoms with Crippen molar-refractivity contribution in [1.82, 2.24) is 14.8 Å². The zero-order valence-electron chi connectivity index (χ0n) is 11.4. The Bertz CT molecular complexity index is 697. The van der Waals surface area contributed by atoms with Gasteiger partial charge in [0.1, 0.15) is 17.6 Å². The molecular formula is C13H12F3N5. The smallest absolute Gasteiger partial charge is 0.365 e. The van der Waals surface area contributed by atoms with Gasteiger partial charge in [-0.3, -0.25) is 4.68 Å². The van der Waals surface area contributed by atoms with Crippen molar-refractivity contribution >= 4 is 5.82 Å². The number of anilines is 1. The molecule has 0 saturated carbocycles. The molecule has 0 spiro atoms. The first-order valence-corrected chi connectivity index (χ1v) is 6.02. The van der Waals surface area contributed by atoms with Gasteiger partial charge in [-0.1, -0.05) is 0 Å². The number of nitrogens with zero attached hydrogens (tertiary/aromatic N) is 4. The van der Waals surface area contributed by atoms with Gasteiger partial charge in [0.25, 0.3) is 0 Å². The Morgan fingerprint density at radius 2 is 2.10 bits per heavy atom. The summed E-state index contributed by atoms with van der Waals surface area (Å²) in [6.07, 6.45) is -2.80. The topological polar surface area (TPSA) is 66.5 Å². The van der Waals surface area contributed by atoms with Crippen LogP contribution in [-0.2, 0) is 19.8 Å². The summed E-state index contributed by atoms with van der Waals surface area (Å²) in [6.45, 7) is 2.03. The molecule has 2 aromatic heterocycles. The fourth-order valence-electron chi connectivity index (χ4n) is 1.84. The third-order valence-electron chi connectivity index (χ3n) is 2.87. The highest BCUT2D eigenvalue weighted by atomic mass is 19.4. The van der Waals surface area contributed by atoms with Gasteiger partial charge >= 0.3 is 6.18 Å². The molecule has 0 unspecified atom stereocenters. The van der Waals surface area contributed by atoms with Gasteiger partial charge in [0, 0.05) is 25.4 Å². The second-order valence-corrected chi connectivity index (χ2v) is 4.47. The zero-order valence-corrected chi connectivity index (χ0v) is 11.4. The van der Waals surface area contributed by atoms with E-state index in [0.717, 1.165) is 23.4 Å². The van der Waals surface area contributed by atoms with E-state index in [1.54, 1.807) is 24.9 Å². The number of aromatic nitrogens is 3. The van der Waals surface area contributed by atoms with Crippen LogP contribution in [0.25, 0.3) is 0 Å². The monoisotopic (exact) mass is 295 g/mol. The predicted molar refractivity (Wildman–Crippen MR) is 69.2 cm³/mol. The molecule has 0 amide bonds. The maximum atomic E-state index is 12.6. The van der Waals surface area contributed by atoms with E-state index in [0.29, 0.717) is 0 Å². The normalized spacial score (nSPS) is 11.2. The maximum absolute atomic E-state index is 12.6. The molecule has 0 saturated heterocycles. The average molecular weight is 295 g/mol. The predicted octanol–water partition coefficient (Wildman–Crippen LogP) is 2.63. The Morgan fingerprint density at radius 3 is 2.62 bits per heavy atom. The maximum Gasteiger partial charge on any atom is 0.433 e. The zero-order chi connectivity index (χ0) is 15.6.